The molecule has 0 N–H and O–H groups in total. The molecular weight excluding hydrogens is 260 g/mol. The van der Waals surface area contributed by atoms with E-state index < -0.39 is 8.32 Å². The number of hydrogen-bond donors (Lipinski definition) is 0. The molecule has 0 spiro atoms. The molecule has 1 atom stereocenters. The molecule has 0 aromatic heterocycles. The fourth-order valence-electron chi connectivity index (χ4n) is 1.64. The second kappa shape index (κ2) is 5.77. The SMILES string of the molecule is CC[C@@H](O[Si](C)(C)C(C)(C)C)c1ccccc1Cl. The first-order valence-corrected chi connectivity index (χ1v) is 9.90. The maximum absolute atomic E-state index is 6.47. The van der Waals surface area contributed by atoms with Crippen molar-refractivity contribution in [2.24, 2.45) is 0 Å². The van der Waals surface area contributed by atoms with Crippen LogP contribution in [0.15, 0.2) is 24.3 Å². The summed E-state index contributed by atoms with van der Waals surface area (Å²) in [6.07, 6.45) is 1.07. The zero-order valence-corrected chi connectivity index (χ0v) is 14.1. The molecule has 1 aromatic rings. The third-order valence-corrected chi connectivity index (χ3v) is 8.70. The minimum absolute atomic E-state index is 0.111. The van der Waals surface area contributed by atoms with Gasteiger partial charge >= 0.3 is 0 Å². The summed E-state index contributed by atoms with van der Waals surface area (Å²) in [6.45, 7) is 13.5. The predicted octanol–water partition coefficient (Wildman–Crippen LogP) is 5.81. The zero-order chi connectivity index (χ0) is 14.0. The molecular formula is C15H25ClOSi. The second-order valence-electron chi connectivity index (χ2n) is 6.30. The number of hydrogen-bond acceptors (Lipinski definition) is 1. The topological polar surface area (TPSA) is 9.23 Å². The van der Waals surface area contributed by atoms with E-state index in [1.165, 1.54) is 0 Å². The van der Waals surface area contributed by atoms with Crippen LogP contribution in [0, 0.1) is 0 Å². The van der Waals surface area contributed by atoms with Gasteiger partial charge in [-0.1, -0.05) is 57.5 Å². The summed E-state index contributed by atoms with van der Waals surface area (Å²) in [7, 11) is -1.75. The van der Waals surface area contributed by atoms with Crippen molar-refractivity contribution in [3.8, 4) is 0 Å². The van der Waals surface area contributed by atoms with E-state index in [-0.39, 0.29) is 11.1 Å². The van der Waals surface area contributed by atoms with E-state index in [4.69, 9.17) is 16.0 Å². The van der Waals surface area contributed by atoms with Gasteiger partial charge in [-0.15, -0.1) is 0 Å². The average Bonchev–Trinajstić information content (AvgIpc) is 2.25. The first-order valence-electron chi connectivity index (χ1n) is 6.61. The Bertz CT molecular complexity index is 396. The van der Waals surface area contributed by atoms with Crippen LogP contribution in [0.2, 0.25) is 23.2 Å². The van der Waals surface area contributed by atoms with Crippen LogP contribution < -0.4 is 0 Å². The molecule has 0 saturated carbocycles. The van der Waals surface area contributed by atoms with E-state index in [1.807, 2.05) is 18.2 Å². The lowest BCUT2D eigenvalue weighted by atomic mass is 10.1. The molecule has 0 aliphatic carbocycles. The molecule has 0 aliphatic rings. The molecule has 0 radical (unpaired) electrons. The minimum atomic E-state index is -1.75. The van der Waals surface area contributed by atoms with E-state index in [9.17, 15) is 0 Å². The smallest absolute Gasteiger partial charge is 0.192 e. The Kier molecular flexibility index (Phi) is 5.04. The van der Waals surface area contributed by atoms with Gasteiger partial charge in [0.25, 0.3) is 0 Å². The highest BCUT2D eigenvalue weighted by Gasteiger charge is 2.39. The highest BCUT2D eigenvalue weighted by atomic mass is 35.5. The lowest BCUT2D eigenvalue weighted by Gasteiger charge is -2.39. The van der Waals surface area contributed by atoms with Gasteiger partial charge in [0.2, 0.25) is 0 Å². The molecule has 0 aliphatic heterocycles. The Morgan fingerprint density at radius 1 is 1.22 bits per heavy atom. The fraction of sp³-hybridized carbons (Fsp3) is 0.600. The maximum Gasteiger partial charge on any atom is 0.192 e. The number of rotatable bonds is 4. The van der Waals surface area contributed by atoms with Crippen LogP contribution in [-0.2, 0) is 4.43 Å². The first kappa shape index (κ1) is 15.7. The molecule has 0 saturated heterocycles. The van der Waals surface area contributed by atoms with Gasteiger partial charge < -0.3 is 4.43 Å². The van der Waals surface area contributed by atoms with Gasteiger partial charge in [0, 0.05) is 5.02 Å². The van der Waals surface area contributed by atoms with Gasteiger partial charge in [-0.2, -0.15) is 0 Å². The van der Waals surface area contributed by atoms with Gasteiger partial charge in [0.1, 0.15) is 0 Å². The molecule has 1 aromatic carbocycles. The number of benzene rings is 1. The summed E-state index contributed by atoms with van der Waals surface area (Å²) >= 11 is 6.28. The summed E-state index contributed by atoms with van der Waals surface area (Å²) in [5.41, 5.74) is 1.12. The quantitative estimate of drug-likeness (QED) is 0.634. The molecule has 102 valence electrons. The third-order valence-electron chi connectivity index (χ3n) is 3.87. The van der Waals surface area contributed by atoms with Crippen molar-refractivity contribution in [3.05, 3.63) is 34.9 Å². The average molecular weight is 285 g/mol. The van der Waals surface area contributed by atoms with Crippen LogP contribution in [0.1, 0.15) is 45.8 Å². The van der Waals surface area contributed by atoms with Crippen molar-refractivity contribution < 1.29 is 4.43 Å². The van der Waals surface area contributed by atoms with Gasteiger partial charge in [-0.3, -0.25) is 0 Å². The summed E-state index contributed by atoms with van der Waals surface area (Å²) in [6, 6.07) is 8.00. The zero-order valence-electron chi connectivity index (χ0n) is 12.4. The summed E-state index contributed by atoms with van der Waals surface area (Å²) < 4.78 is 6.47. The van der Waals surface area contributed by atoms with Gasteiger partial charge in [-0.25, -0.2) is 0 Å². The van der Waals surface area contributed by atoms with Gasteiger partial charge in [0.05, 0.1) is 6.10 Å². The van der Waals surface area contributed by atoms with Crippen LogP contribution in [0.5, 0.6) is 0 Å². The maximum atomic E-state index is 6.47. The Labute approximate surface area is 118 Å². The van der Waals surface area contributed by atoms with Crippen molar-refractivity contribution in [1.82, 2.24) is 0 Å². The third kappa shape index (κ3) is 3.59. The summed E-state index contributed by atoms with van der Waals surface area (Å²) in [5.74, 6) is 0. The van der Waals surface area contributed by atoms with E-state index in [1.54, 1.807) is 0 Å². The van der Waals surface area contributed by atoms with Crippen molar-refractivity contribution in [3.63, 3.8) is 0 Å². The molecule has 0 amide bonds. The normalized spacial score (nSPS) is 14.6. The van der Waals surface area contributed by atoms with Crippen molar-refractivity contribution in [2.45, 2.75) is 58.4 Å². The van der Waals surface area contributed by atoms with Crippen LogP contribution in [0.25, 0.3) is 0 Å². The van der Waals surface area contributed by atoms with Crippen LogP contribution in [-0.4, -0.2) is 8.32 Å². The molecule has 0 heterocycles. The van der Waals surface area contributed by atoms with Crippen molar-refractivity contribution in [2.75, 3.05) is 0 Å². The molecule has 0 unspecified atom stereocenters. The van der Waals surface area contributed by atoms with Crippen molar-refractivity contribution in [1.29, 1.82) is 0 Å². The highest BCUT2D eigenvalue weighted by molar-refractivity contribution is 6.74. The van der Waals surface area contributed by atoms with Gasteiger partial charge in [0.15, 0.2) is 8.32 Å². The van der Waals surface area contributed by atoms with Crippen LogP contribution in [0.4, 0.5) is 0 Å². The van der Waals surface area contributed by atoms with Crippen LogP contribution in [0.3, 0.4) is 0 Å². The van der Waals surface area contributed by atoms with E-state index in [0.717, 1.165) is 17.0 Å². The second-order valence-corrected chi connectivity index (χ2v) is 11.5. The lowest BCUT2D eigenvalue weighted by Crippen LogP contribution is -2.41. The summed E-state index contributed by atoms with van der Waals surface area (Å²) in [4.78, 5) is 0. The summed E-state index contributed by atoms with van der Waals surface area (Å²) in [5, 5.41) is 1.03. The van der Waals surface area contributed by atoms with Gasteiger partial charge in [-0.05, 0) is 36.2 Å². The largest absolute Gasteiger partial charge is 0.410 e. The van der Waals surface area contributed by atoms with E-state index in [0.29, 0.717) is 0 Å². The Morgan fingerprint density at radius 3 is 2.22 bits per heavy atom. The minimum Gasteiger partial charge on any atom is -0.410 e. The number of halogens is 1. The molecule has 1 nitrogen and oxygen atoms in total. The Morgan fingerprint density at radius 2 is 1.78 bits per heavy atom. The molecule has 0 fully saturated rings. The Balaban J connectivity index is 2.97. The van der Waals surface area contributed by atoms with Crippen LogP contribution >= 0.6 is 11.6 Å². The monoisotopic (exact) mass is 284 g/mol. The molecule has 3 heteroatoms. The Hall–Kier alpha value is -0.313. The fourth-order valence-corrected chi connectivity index (χ4v) is 3.25. The standard InChI is InChI=1S/C15H25ClOSi/c1-7-14(12-10-8-9-11-13(12)16)17-18(5,6)15(2,3)4/h8-11,14H,7H2,1-6H3/t14-/m1/s1. The molecule has 1 rings (SSSR count). The first-order chi connectivity index (χ1) is 8.19. The predicted molar refractivity (Wildman–Crippen MR) is 82.8 cm³/mol. The van der Waals surface area contributed by atoms with E-state index >= 15 is 0 Å². The van der Waals surface area contributed by atoms with E-state index in [2.05, 4.69) is 46.9 Å². The molecule has 18 heavy (non-hydrogen) atoms. The molecule has 0 bridgehead atoms. The van der Waals surface area contributed by atoms with Crippen molar-refractivity contribution >= 4 is 19.9 Å². The lowest BCUT2D eigenvalue weighted by molar-refractivity contribution is 0.179. The highest BCUT2D eigenvalue weighted by Crippen LogP contribution is 2.41.